The lowest BCUT2D eigenvalue weighted by molar-refractivity contribution is -0.116. The molecule has 0 aliphatic heterocycles. The molecule has 1 saturated carbocycles. The van der Waals surface area contributed by atoms with Crippen LogP contribution >= 0.6 is 0 Å². The van der Waals surface area contributed by atoms with Crippen molar-refractivity contribution in [2.24, 2.45) is 5.92 Å². The van der Waals surface area contributed by atoms with Crippen LogP contribution in [0.4, 0.5) is 0 Å². The highest BCUT2D eigenvalue weighted by molar-refractivity contribution is 5.88. The van der Waals surface area contributed by atoms with E-state index in [1.807, 2.05) is 13.0 Å². The van der Waals surface area contributed by atoms with Crippen molar-refractivity contribution in [2.45, 2.75) is 19.8 Å². The highest BCUT2D eigenvalue weighted by atomic mass is 16.1. The molecule has 1 N–H and O–H groups in total. The van der Waals surface area contributed by atoms with Gasteiger partial charge in [0.15, 0.2) is 0 Å². The van der Waals surface area contributed by atoms with E-state index in [9.17, 15) is 4.79 Å². The predicted octanol–water partition coefficient (Wildman–Crippen LogP) is 0.982. The molecular weight excluding hydrogens is 152 g/mol. The van der Waals surface area contributed by atoms with Crippen LogP contribution in [0.1, 0.15) is 19.8 Å². The van der Waals surface area contributed by atoms with E-state index in [0.717, 1.165) is 5.57 Å². The predicted molar refractivity (Wildman–Crippen MR) is 45.1 cm³/mol. The van der Waals surface area contributed by atoms with Gasteiger partial charge in [-0.25, -0.2) is 0 Å². The zero-order chi connectivity index (χ0) is 8.97. The Balaban J connectivity index is 2.33. The summed E-state index contributed by atoms with van der Waals surface area (Å²) in [5, 5.41) is 10.7. The molecule has 0 aromatic carbocycles. The fourth-order valence-corrected chi connectivity index (χ4v) is 1.04. The second-order valence-electron chi connectivity index (χ2n) is 3.04. The second kappa shape index (κ2) is 3.91. The van der Waals surface area contributed by atoms with E-state index >= 15 is 0 Å². The van der Waals surface area contributed by atoms with Crippen LogP contribution in [0.3, 0.4) is 0 Å². The number of allylic oxidation sites excluding steroid dienone is 1. The number of amides is 1. The fourth-order valence-electron chi connectivity index (χ4n) is 1.04. The normalized spacial score (nSPS) is 16.8. The molecule has 3 nitrogen and oxygen atoms in total. The van der Waals surface area contributed by atoms with Crippen LogP contribution in [0, 0.1) is 17.2 Å². The number of hydrogen-bond acceptors (Lipinski definition) is 2. The summed E-state index contributed by atoms with van der Waals surface area (Å²) in [5.41, 5.74) is 1.13. The quantitative estimate of drug-likeness (QED) is 0.499. The molecule has 0 radical (unpaired) electrons. The Bertz CT molecular complexity index is 246. The van der Waals surface area contributed by atoms with Crippen LogP contribution in [-0.2, 0) is 4.79 Å². The van der Waals surface area contributed by atoms with Gasteiger partial charge in [-0.3, -0.25) is 4.79 Å². The Morgan fingerprint density at radius 3 is 2.92 bits per heavy atom. The van der Waals surface area contributed by atoms with Crippen LogP contribution in [0.2, 0.25) is 0 Å². The number of rotatable bonds is 3. The molecular formula is C9H12N2O. The van der Waals surface area contributed by atoms with Gasteiger partial charge in [-0.15, -0.1) is 0 Å². The molecule has 0 atom stereocenters. The van der Waals surface area contributed by atoms with E-state index in [2.05, 4.69) is 5.32 Å². The van der Waals surface area contributed by atoms with E-state index in [0.29, 0.717) is 5.92 Å². The van der Waals surface area contributed by atoms with Crippen LogP contribution in [0.25, 0.3) is 0 Å². The van der Waals surface area contributed by atoms with E-state index in [1.165, 1.54) is 12.8 Å². The van der Waals surface area contributed by atoms with Crippen molar-refractivity contribution in [1.29, 1.82) is 5.26 Å². The van der Waals surface area contributed by atoms with Crippen LogP contribution < -0.4 is 5.32 Å². The molecule has 12 heavy (non-hydrogen) atoms. The van der Waals surface area contributed by atoms with E-state index < -0.39 is 0 Å². The van der Waals surface area contributed by atoms with Crippen molar-refractivity contribution in [3.63, 3.8) is 0 Å². The lowest BCUT2D eigenvalue weighted by Gasteiger charge is -1.97. The average Bonchev–Trinajstić information content (AvgIpc) is 2.82. The molecule has 0 bridgehead atoms. The third-order valence-corrected chi connectivity index (χ3v) is 1.92. The minimum atomic E-state index is -0.152. The maximum Gasteiger partial charge on any atom is 0.244 e. The molecule has 0 unspecified atom stereocenters. The molecule has 64 valence electrons. The van der Waals surface area contributed by atoms with Gasteiger partial charge in [0.25, 0.3) is 0 Å². The Morgan fingerprint density at radius 1 is 1.75 bits per heavy atom. The monoisotopic (exact) mass is 164 g/mol. The third-order valence-electron chi connectivity index (χ3n) is 1.92. The Morgan fingerprint density at radius 2 is 2.42 bits per heavy atom. The average molecular weight is 164 g/mol. The number of hydrogen-bond donors (Lipinski definition) is 1. The van der Waals surface area contributed by atoms with Crippen molar-refractivity contribution < 1.29 is 4.79 Å². The van der Waals surface area contributed by atoms with Crippen LogP contribution in [-0.4, -0.2) is 12.5 Å². The highest BCUT2D eigenvalue weighted by Crippen LogP contribution is 2.35. The number of carbonyl (C=O) groups is 1. The summed E-state index contributed by atoms with van der Waals surface area (Å²) >= 11 is 0. The first kappa shape index (κ1) is 8.79. The topological polar surface area (TPSA) is 52.9 Å². The third kappa shape index (κ3) is 2.75. The van der Waals surface area contributed by atoms with Crippen molar-refractivity contribution in [3.05, 3.63) is 11.6 Å². The largest absolute Gasteiger partial charge is 0.339 e. The Kier molecular flexibility index (Phi) is 2.87. The minimum Gasteiger partial charge on any atom is -0.339 e. The van der Waals surface area contributed by atoms with Gasteiger partial charge >= 0.3 is 0 Å². The molecule has 0 aromatic heterocycles. The first-order valence-electron chi connectivity index (χ1n) is 4.07. The first-order valence-corrected chi connectivity index (χ1v) is 4.07. The maximum atomic E-state index is 11.0. The Hall–Kier alpha value is -1.30. The molecule has 0 heterocycles. The second-order valence-corrected chi connectivity index (χ2v) is 3.04. The number of carbonyl (C=O) groups excluding carboxylic acids is 1. The summed E-state index contributed by atoms with van der Waals surface area (Å²) in [4.78, 5) is 11.0. The van der Waals surface area contributed by atoms with Gasteiger partial charge in [0, 0.05) is 6.08 Å². The van der Waals surface area contributed by atoms with Gasteiger partial charge in [0.2, 0.25) is 5.91 Å². The molecule has 1 rings (SSSR count). The zero-order valence-corrected chi connectivity index (χ0v) is 7.13. The number of nitrogens with one attached hydrogen (secondary N) is 1. The van der Waals surface area contributed by atoms with E-state index in [1.54, 1.807) is 6.08 Å². The summed E-state index contributed by atoms with van der Waals surface area (Å²) < 4.78 is 0. The highest BCUT2D eigenvalue weighted by Gasteiger charge is 2.23. The maximum absolute atomic E-state index is 11.0. The smallest absolute Gasteiger partial charge is 0.244 e. The number of nitrogens with zero attached hydrogens (tertiary/aromatic N) is 1. The molecule has 3 heteroatoms. The van der Waals surface area contributed by atoms with E-state index in [4.69, 9.17) is 5.26 Å². The molecule has 1 fully saturated rings. The first-order chi connectivity index (χ1) is 5.74. The minimum absolute atomic E-state index is 0.0906. The van der Waals surface area contributed by atoms with Crippen molar-refractivity contribution in [1.82, 2.24) is 5.32 Å². The molecule has 1 aliphatic carbocycles. The van der Waals surface area contributed by atoms with Gasteiger partial charge < -0.3 is 5.32 Å². The van der Waals surface area contributed by atoms with Crippen LogP contribution in [0.15, 0.2) is 11.6 Å². The zero-order valence-electron chi connectivity index (χ0n) is 7.13. The van der Waals surface area contributed by atoms with Crippen molar-refractivity contribution in [3.8, 4) is 6.07 Å². The summed E-state index contributed by atoms with van der Waals surface area (Å²) in [6.45, 7) is 2.05. The SMILES string of the molecule is C/C(=C\C(=O)NCC#N)C1CC1. The number of nitriles is 1. The molecule has 1 aliphatic rings. The molecule has 0 spiro atoms. The molecule has 0 aromatic rings. The van der Waals surface area contributed by atoms with Crippen LogP contribution in [0.5, 0.6) is 0 Å². The van der Waals surface area contributed by atoms with Gasteiger partial charge in [-0.1, -0.05) is 5.57 Å². The van der Waals surface area contributed by atoms with Gasteiger partial charge in [-0.05, 0) is 25.7 Å². The van der Waals surface area contributed by atoms with Gasteiger partial charge in [-0.2, -0.15) is 5.26 Å². The van der Waals surface area contributed by atoms with Crippen molar-refractivity contribution >= 4 is 5.91 Å². The standard InChI is InChI=1S/C9H12N2O/c1-7(8-2-3-8)6-9(12)11-5-4-10/h6,8H,2-3,5H2,1H3,(H,11,12)/b7-6+. The summed E-state index contributed by atoms with van der Waals surface area (Å²) in [7, 11) is 0. The summed E-state index contributed by atoms with van der Waals surface area (Å²) in [6.07, 6.45) is 4.00. The molecule has 1 amide bonds. The fraction of sp³-hybridized carbons (Fsp3) is 0.556. The lowest BCUT2D eigenvalue weighted by atomic mass is 10.2. The van der Waals surface area contributed by atoms with E-state index in [-0.39, 0.29) is 12.5 Å². The Labute approximate surface area is 72.1 Å². The van der Waals surface area contributed by atoms with Crippen molar-refractivity contribution in [2.75, 3.05) is 6.54 Å². The van der Waals surface area contributed by atoms with Gasteiger partial charge in [0.1, 0.15) is 6.54 Å². The van der Waals surface area contributed by atoms with Gasteiger partial charge in [0.05, 0.1) is 6.07 Å². The summed E-state index contributed by atoms with van der Waals surface area (Å²) in [6, 6.07) is 1.86. The lowest BCUT2D eigenvalue weighted by Crippen LogP contribution is -2.21. The molecule has 0 saturated heterocycles. The summed E-state index contributed by atoms with van der Waals surface area (Å²) in [5.74, 6) is 0.471.